The molecule has 2 aromatic carbocycles. The zero-order valence-corrected chi connectivity index (χ0v) is 16.3. The van der Waals surface area contributed by atoms with Gasteiger partial charge >= 0.3 is 12.1 Å². The van der Waals surface area contributed by atoms with Gasteiger partial charge in [-0.05, 0) is 60.7 Å². The van der Waals surface area contributed by atoms with Crippen LogP contribution in [0.3, 0.4) is 0 Å². The average molecular weight is 432 g/mol. The first kappa shape index (κ1) is 20.8. The molecule has 1 aromatic heterocycles. The van der Waals surface area contributed by atoms with Gasteiger partial charge in [-0.3, -0.25) is 4.79 Å². The van der Waals surface area contributed by atoms with Crippen molar-refractivity contribution < 1.29 is 32.2 Å². The van der Waals surface area contributed by atoms with Gasteiger partial charge in [-0.15, -0.1) is 0 Å². The number of aromatic nitrogens is 1. The van der Waals surface area contributed by atoms with Crippen molar-refractivity contribution in [3.05, 3.63) is 59.4 Å². The van der Waals surface area contributed by atoms with Gasteiger partial charge < -0.3 is 19.8 Å². The highest BCUT2D eigenvalue weighted by Crippen LogP contribution is 2.33. The second-order valence-electron chi connectivity index (χ2n) is 7.26. The third-order valence-corrected chi connectivity index (χ3v) is 5.01. The van der Waals surface area contributed by atoms with E-state index in [0.29, 0.717) is 22.2 Å². The molecule has 1 aliphatic carbocycles. The lowest BCUT2D eigenvalue weighted by Crippen LogP contribution is -2.28. The second kappa shape index (κ2) is 8.71. The van der Waals surface area contributed by atoms with Gasteiger partial charge in [0.1, 0.15) is 17.5 Å². The highest BCUT2D eigenvalue weighted by Gasteiger charge is 2.31. The van der Waals surface area contributed by atoms with E-state index in [2.05, 4.69) is 10.3 Å². The number of ether oxygens (including phenoxy) is 2. The molecule has 0 saturated heterocycles. The minimum absolute atomic E-state index is 0.0919. The van der Waals surface area contributed by atoms with Crippen molar-refractivity contribution in [3.8, 4) is 11.3 Å². The summed E-state index contributed by atoms with van der Waals surface area (Å²) in [5, 5.41) is 2.83. The average Bonchev–Trinajstić information content (AvgIpc) is 3.52. The molecule has 0 radical (unpaired) electrons. The summed E-state index contributed by atoms with van der Waals surface area (Å²) < 4.78 is 51.0. The van der Waals surface area contributed by atoms with Crippen LogP contribution < -0.4 is 5.32 Å². The molecule has 31 heavy (non-hydrogen) atoms. The van der Waals surface area contributed by atoms with E-state index in [1.807, 2.05) is 0 Å². The minimum Gasteiger partial charge on any atom is -0.428 e. The summed E-state index contributed by atoms with van der Waals surface area (Å²) in [5.74, 6) is -2.40. The molecule has 6 nitrogen and oxygen atoms in total. The highest BCUT2D eigenvalue weighted by atomic mass is 19.1. The van der Waals surface area contributed by atoms with Gasteiger partial charge in [0.25, 0.3) is 0 Å². The molecule has 0 unspecified atom stereocenters. The van der Waals surface area contributed by atoms with Crippen LogP contribution in [-0.4, -0.2) is 30.4 Å². The number of hydrogen-bond donors (Lipinski definition) is 2. The van der Waals surface area contributed by atoms with Gasteiger partial charge in [-0.2, -0.15) is 0 Å². The van der Waals surface area contributed by atoms with Crippen molar-refractivity contribution >= 4 is 23.0 Å². The van der Waals surface area contributed by atoms with E-state index < -0.39 is 30.3 Å². The molecular weight excluding hydrogens is 413 g/mol. The predicted molar refractivity (Wildman–Crippen MR) is 105 cm³/mol. The fourth-order valence-corrected chi connectivity index (χ4v) is 3.31. The number of halogens is 3. The Balaban J connectivity index is 1.46. The van der Waals surface area contributed by atoms with E-state index in [1.54, 1.807) is 0 Å². The van der Waals surface area contributed by atoms with Crippen LogP contribution in [0.25, 0.3) is 22.2 Å². The second-order valence-corrected chi connectivity index (χ2v) is 7.26. The van der Waals surface area contributed by atoms with Crippen molar-refractivity contribution in [1.29, 1.82) is 0 Å². The number of esters is 1. The SMILES string of the molecule is O=C(NCCc1c(-c2ccc(F)cc2)[nH]c2c(F)cc(F)cc12)OCOC(=O)C1CC1. The van der Waals surface area contributed by atoms with Crippen LogP contribution in [0.5, 0.6) is 0 Å². The number of H-pyrrole nitrogens is 1. The Morgan fingerprint density at radius 1 is 1.03 bits per heavy atom. The van der Waals surface area contributed by atoms with E-state index in [9.17, 15) is 22.8 Å². The lowest BCUT2D eigenvalue weighted by molar-refractivity contribution is -0.153. The maximum Gasteiger partial charge on any atom is 0.410 e. The molecule has 1 heterocycles. The minimum atomic E-state index is -0.788. The number of fused-ring (bicyclic) bond motifs is 1. The van der Waals surface area contributed by atoms with Gasteiger partial charge in [0.15, 0.2) is 0 Å². The Kier molecular flexibility index (Phi) is 5.83. The summed E-state index contributed by atoms with van der Waals surface area (Å²) in [6, 6.07) is 7.55. The fourth-order valence-electron chi connectivity index (χ4n) is 3.31. The van der Waals surface area contributed by atoms with Gasteiger partial charge in [-0.25, -0.2) is 18.0 Å². The molecule has 1 saturated carbocycles. The molecule has 1 aliphatic rings. The van der Waals surface area contributed by atoms with E-state index in [0.717, 1.165) is 18.9 Å². The highest BCUT2D eigenvalue weighted by molar-refractivity contribution is 5.91. The largest absolute Gasteiger partial charge is 0.428 e. The molecule has 9 heteroatoms. The van der Waals surface area contributed by atoms with Crippen molar-refractivity contribution in [2.75, 3.05) is 13.3 Å². The molecular formula is C22H19F3N2O4. The van der Waals surface area contributed by atoms with Gasteiger partial charge in [0, 0.05) is 23.7 Å². The molecule has 2 N–H and O–H groups in total. The summed E-state index contributed by atoms with van der Waals surface area (Å²) in [6.07, 6.45) is 0.997. The fraction of sp³-hybridized carbons (Fsp3) is 0.273. The number of rotatable bonds is 7. The molecule has 0 atom stereocenters. The first-order valence-electron chi connectivity index (χ1n) is 9.75. The standard InChI is InChI=1S/C22H19F3N2O4/c23-14-5-3-12(4-6-14)19-16(17-9-15(24)10-18(25)20(17)27-19)7-8-26-22(29)31-11-30-21(28)13-1-2-13/h3-6,9-10,13,27H,1-2,7-8,11H2,(H,26,29). The Morgan fingerprint density at radius 3 is 2.48 bits per heavy atom. The molecule has 4 rings (SSSR count). The number of alkyl carbamates (subject to hydrolysis) is 1. The third-order valence-electron chi connectivity index (χ3n) is 5.01. The van der Waals surface area contributed by atoms with Crippen LogP contribution in [0.4, 0.5) is 18.0 Å². The number of benzene rings is 2. The first-order valence-corrected chi connectivity index (χ1v) is 9.75. The van der Waals surface area contributed by atoms with Crippen LogP contribution >= 0.6 is 0 Å². The number of hydrogen-bond acceptors (Lipinski definition) is 4. The molecule has 1 fully saturated rings. The topological polar surface area (TPSA) is 80.4 Å². The number of carbonyl (C=O) groups is 2. The van der Waals surface area contributed by atoms with Crippen LogP contribution in [0.15, 0.2) is 36.4 Å². The lowest BCUT2D eigenvalue weighted by Gasteiger charge is -2.09. The molecule has 0 spiro atoms. The van der Waals surface area contributed by atoms with E-state index in [4.69, 9.17) is 9.47 Å². The molecule has 162 valence electrons. The van der Waals surface area contributed by atoms with Gasteiger partial charge in [-0.1, -0.05) is 0 Å². The molecule has 0 aliphatic heterocycles. The number of amides is 1. The number of aromatic amines is 1. The zero-order chi connectivity index (χ0) is 22.0. The summed E-state index contributed by atoms with van der Waals surface area (Å²) in [5.41, 5.74) is 1.75. The van der Waals surface area contributed by atoms with Crippen molar-refractivity contribution in [1.82, 2.24) is 10.3 Å². The Hall–Kier alpha value is -3.49. The van der Waals surface area contributed by atoms with Gasteiger partial charge in [0.05, 0.1) is 11.4 Å². The van der Waals surface area contributed by atoms with E-state index >= 15 is 0 Å². The summed E-state index contributed by atoms with van der Waals surface area (Å²) in [4.78, 5) is 26.1. The van der Waals surface area contributed by atoms with Crippen molar-refractivity contribution in [2.24, 2.45) is 5.92 Å². The molecule has 1 amide bonds. The van der Waals surface area contributed by atoms with Crippen LogP contribution in [0.2, 0.25) is 0 Å². The van der Waals surface area contributed by atoms with Crippen LogP contribution in [0.1, 0.15) is 18.4 Å². The smallest absolute Gasteiger partial charge is 0.410 e. The summed E-state index contributed by atoms with van der Waals surface area (Å²) in [7, 11) is 0. The first-order chi connectivity index (χ1) is 14.9. The Bertz CT molecular complexity index is 1120. The van der Waals surface area contributed by atoms with Crippen molar-refractivity contribution in [3.63, 3.8) is 0 Å². The Morgan fingerprint density at radius 2 is 1.77 bits per heavy atom. The lowest BCUT2D eigenvalue weighted by atomic mass is 10.0. The maximum absolute atomic E-state index is 14.3. The molecule has 0 bridgehead atoms. The summed E-state index contributed by atoms with van der Waals surface area (Å²) >= 11 is 0. The third kappa shape index (κ3) is 4.82. The quantitative estimate of drug-likeness (QED) is 0.428. The predicted octanol–water partition coefficient (Wildman–Crippen LogP) is 4.43. The van der Waals surface area contributed by atoms with Crippen molar-refractivity contribution in [2.45, 2.75) is 19.3 Å². The monoisotopic (exact) mass is 432 g/mol. The van der Waals surface area contributed by atoms with E-state index in [-0.39, 0.29) is 30.4 Å². The van der Waals surface area contributed by atoms with Crippen LogP contribution in [-0.2, 0) is 20.7 Å². The maximum atomic E-state index is 14.3. The summed E-state index contributed by atoms with van der Waals surface area (Å²) in [6.45, 7) is -0.389. The van der Waals surface area contributed by atoms with Crippen LogP contribution in [0, 0.1) is 23.4 Å². The van der Waals surface area contributed by atoms with Gasteiger partial charge in [0.2, 0.25) is 6.79 Å². The number of nitrogens with one attached hydrogen (secondary N) is 2. The normalized spacial score (nSPS) is 13.3. The zero-order valence-electron chi connectivity index (χ0n) is 16.3. The molecule has 3 aromatic rings. The van der Waals surface area contributed by atoms with E-state index in [1.165, 1.54) is 30.3 Å². The number of carbonyl (C=O) groups excluding carboxylic acids is 2. The Labute approximate surface area is 175 Å².